The fourth-order valence-corrected chi connectivity index (χ4v) is 3.05. The second-order valence-corrected chi connectivity index (χ2v) is 6.78. The van der Waals surface area contributed by atoms with Crippen LogP contribution in [0.15, 0.2) is 46.3 Å². The number of hydrazine groups is 1. The molecule has 2 amide bonds. The zero-order valence-electron chi connectivity index (χ0n) is 15.3. The number of nitrogens with one attached hydrogen (secondary N) is 2. The number of thiophene rings is 1. The zero-order valence-corrected chi connectivity index (χ0v) is 16.1. The molecule has 0 fully saturated rings. The topological polar surface area (TPSA) is 106 Å². The van der Waals surface area contributed by atoms with Crippen LogP contribution in [0.4, 0.5) is 0 Å². The molecule has 0 aliphatic rings. The number of carbonyl (C=O) groups excluding carboxylic acids is 2. The second kappa shape index (κ2) is 9.65. The Morgan fingerprint density at radius 3 is 2.75 bits per heavy atom. The third-order valence-electron chi connectivity index (χ3n) is 3.83. The van der Waals surface area contributed by atoms with Crippen LogP contribution in [0.25, 0.3) is 10.7 Å². The molecule has 146 valence electrons. The Balaban J connectivity index is 1.37. The summed E-state index contributed by atoms with van der Waals surface area (Å²) in [4.78, 5) is 28.9. The molecule has 2 N–H and O–H groups in total. The highest BCUT2D eigenvalue weighted by molar-refractivity contribution is 7.13. The quantitative estimate of drug-likeness (QED) is 0.563. The van der Waals surface area contributed by atoms with Crippen molar-refractivity contribution in [1.29, 1.82) is 0 Å². The zero-order chi connectivity index (χ0) is 19.8. The lowest BCUT2D eigenvalue weighted by Crippen LogP contribution is -2.43. The Kier molecular flexibility index (Phi) is 6.74. The molecule has 2 aromatic heterocycles. The molecule has 28 heavy (non-hydrogen) atoms. The highest BCUT2D eigenvalue weighted by atomic mass is 32.1. The molecule has 0 spiro atoms. The van der Waals surface area contributed by atoms with Crippen LogP contribution < -0.4 is 15.6 Å². The first-order valence-corrected chi connectivity index (χ1v) is 9.68. The molecule has 0 saturated carbocycles. The van der Waals surface area contributed by atoms with Gasteiger partial charge in [-0.3, -0.25) is 20.4 Å². The van der Waals surface area contributed by atoms with E-state index in [1.54, 1.807) is 6.07 Å². The standard InChI is InChI=1S/C19H20N4O4S/c1-2-13-6-3-4-7-14(13)26-12-17(25)22-21-16(24)9-10-18-20-19(23-27-18)15-8-5-11-28-15/h3-8,11H,2,9-10,12H2,1H3,(H,21,24)(H,22,25). The Hall–Kier alpha value is -3.20. The first kappa shape index (κ1) is 19.6. The molecule has 8 nitrogen and oxygen atoms in total. The SMILES string of the molecule is CCc1ccccc1OCC(=O)NNC(=O)CCc1nc(-c2cccs2)no1. The summed E-state index contributed by atoms with van der Waals surface area (Å²) in [7, 11) is 0. The van der Waals surface area contributed by atoms with Gasteiger partial charge in [-0.25, -0.2) is 0 Å². The Morgan fingerprint density at radius 2 is 1.96 bits per heavy atom. The number of hydrogen-bond donors (Lipinski definition) is 2. The minimum Gasteiger partial charge on any atom is -0.483 e. The van der Waals surface area contributed by atoms with Gasteiger partial charge in [0, 0.05) is 12.8 Å². The number of para-hydroxylation sites is 1. The molecular formula is C19H20N4O4S. The largest absolute Gasteiger partial charge is 0.483 e. The van der Waals surface area contributed by atoms with E-state index in [0.29, 0.717) is 17.5 Å². The number of aromatic nitrogens is 2. The summed E-state index contributed by atoms with van der Waals surface area (Å²) >= 11 is 1.51. The van der Waals surface area contributed by atoms with Crippen LogP contribution in [-0.4, -0.2) is 28.6 Å². The molecule has 0 unspecified atom stereocenters. The summed E-state index contributed by atoms with van der Waals surface area (Å²) in [6, 6.07) is 11.3. The van der Waals surface area contributed by atoms with Gasteiger partial charge < -0.3 is 9.26 Å². The molecule has 1 aromatic carbocycles. The van der Waals surface area contributed by atoms with Crippen LogP contribution in [0.3, 0.4) is 0 Å². The van der Waals surface area contributed by atoms with Crippen molar-refractivity contribution in [2.45, 2.75) is 26.2 Å². The number of nitrogens with zero attached hydrogens (tertiary/aromatic N) is 2. The molecule has 0 saturated heterocycles. The summed E-state index contributed by atoms with van der Waals surface area (Å²) < 4.78 is 10.6. The maximum Gasteiger partial charge on any atom is 0.276 e. The lowest BCUT2D eigenvalue weighted by molar-refractivity contribution is -0.130. The first-order valence-electron chi connectivity index (χ1n) is 8.80. The lowest BCUT2D eigenvalue weighted by atomic mass is 10.1. The third kappa shape index (κ3) is 5.40. The van der Waals surface area contributed by atoms with Crippen LogP contribution in [0, 0.1) is 0 Å². The molecule has 0 aliphatic carbocycles. The number of benzene rings is 1. The fraction of sp³-hybridized carbons (Fsp3) is 0.263. The molecular weight excluding hydrogens is 380 g/mol. The van der Waals surface area contributed by atoms with Crippen molar-refractivity contribution in [2.75, 3.05) is 6.61 Å². The maximum atomic E-state index is 11.9. The molecule has 3 rings (SSSR count). The number of aryl methyl sites for hydroxylation is 2. The van der Waals surface area contributed by atoms with E-state index in [0.717, 1.165) is 16.9 Å². The molecule has 9 heteroatoms. The number of rotatable bonds is 8. The van der Waals surface area contributed by atoms with E-state index in [1.807, 2.05) is 42.6 Å². The van der Waals surface area contributed by atoms with E-state index in [9.17, 15) is 9.59 Å². The van der Waals surface area contributed by atoms with E-state index in [4.69, 9.17) is 9.26 Å². The summed E-state index contributed by atoms with van der Waals surface area (Å²) in [5.74, 6) is 0.715. The van der Waals surface area contributed by atoms with E-state index in [2.05, 4.69) is 21.0 Å². The third-order valence-corrected chi connectivity index (χ3v) is 4.70. The summed E-state index contributed by atoms with van der Waals surface area (Å²) in [5.41, 5.74) is 5.69. The van der Waals surface area contributed by atoms with Crippen molar-refractivity contribution >= 4 is 23.2 Å². The van der Waals surface area contributed by atoms with Gasteiger partial charge in [-0.15, -0.1) is 11.3 Å². The lowest BCUT2D eigenvalue weighted by Gasteiger charge is -2.11. The van der Waals surface area contributed by atoms with Gasteiger partial charge in [-0.05, 0) is 29.5 Å². The minimum atomic E-state index is -0.447. The monoisotopic (exact) mass is 400 g/mol. The fourth-order valence-electron chi connectivity index (χ4n) is 2.40. The summed E-state index contributed by atoms with van der Waals surface area (Å²) in [6.07, 6.45) is 1.19. The molecule has 0 aliphatic heterocycles. The second-order valence-electron chi connectivity index (χ2n) is 5.84. The summed E-state index contributed by atoms with van der Waals surface area (Å²) in [6.45, 7) is 1.82. The first-order chi connectivity index (χ1) is 13.7. The molecule has 0 bridgehead atoms. The molecule has 3 aromatic rings. The number of amides is 2. The van der Waals surface area contributed by atoms with E-state index < -0.39 is 5.91 Å². The Morgan fingerprint density at radius 1 is 1.14 bits per heavy atom. The number of hydrogen-bond acceptors (Lipinski definition) is 7. The van der Waals surface area contributed by atoms with E-state index in [1.165, 1.54) is 11.3 Å². The average Bonchev–Trinajstić information content (AvgIpc) is 3.41. The molecule has 0 radical (unpaired) electrons. The van der Waals surface area contributed by atoms with E-state index >= 15 is 0 Å². The predicted octanol–water partition coefficient (Wildman–Crippen LogP) is 2.52. The van der Waals surface area contributed by atoms with Crippen molar-refractivity contribution in [3.63, 3.8) is 0 Å². The number of ether oxygens (including phenoxy) is 1. The average molecular weight is 400 g/mol. The van der Waals surface area contributed by atoms with Gasteiger partial charge in [0.05, 0.1) is 4.88 Å². The van der Waals surface area contributed by atoms with Crippen molar-refractivity contribution < 1.29 is 18.8 Å². The van der Waals surface area contributed by atoms with Gasteiger partial charge in [0.15, 0.2) is 6.61 Å². The predicted molar refractivity (Wildman–Crippen MR) is 104 cm³/mol. The van der Waals surface area contributed by atoms with Gasteiger partial charge in [-0.1, -0.05) is 36.3 Å². The van der Waals surface area contributed by atoms with Crippen LogP contribution in [-0.2, 0) is 22.4 Å². The normalized spacial score (nSPS) is 10.5. The van der Waals surface area contributed by atoms with Crippen molar-refractivity contribution in [3.05, 3.63) is 53.2 Å². The van der Waals surface area contributed by atoms with Crippen LogP contribution in [0.2, 0.25) is 0 Å². The van der Waals surface area contributed by atoms with Gasteiger partial charge in [0.2, 0.25) is 17.6 Å². The van der Waals surface area contributed by atoms with Crippen molar-refractivity contribution in [2.24, 2.45) is 0 Å². The highest BCUT2D eigenvalue weighted by Crippen LogP contribution is 2.21. The van der Waals surface area contributed by atoms with Crippen molar-refractivity contribution in [1.82, 2.24) is 21.0 Å². The Labute approximate surface area is 165 Å². The number of carbonyl (C=O) groups is 2. The van der Waals surface area contributed by atoms with Crippen LogP contribution in [0.5, 0.6) is 5.75 Å². The highest BCUT2D eigenvalue weighted by Gasteiger charge is 2.12. The maximum absolute atomic E-state index is 11.9. The van der Waals surface area contributed by atoms with E-state index in [-0.39, 0.29) is 25.4 Å². The van der Waals surface area contributed by atoms with Crippen LogP contribution in [0.1, 0.15) is 24.8 Å². The van der Waals surface area contributed by atoms with Gasteiger partial charge in [-0.2, -0.15) is 4.98 Å². The smallest absolute Gasteiger partial charge is 0.276 e. The minimum absolute atomic E-state index is 0.103. The van der Waals surface area contributed by atoms with Crippen LogP contribution >= 0.6 is 11.3 Å². The molecule has 2 heterocycles. The Bertz CT molecular complexity index is 924. The van der Waals surface area contributed by atoms with Gasteiger partial charge in [0.25, 0.3) is 5.91 Å². The molecule has 0 atom stereocenters. The van der Waals surface area contributed by atoms with Crippen molar-refractivity contribution in [3.8, 4) is 16.5 Å². The van der Waals surface area contributed by atoms with Gasteiger partial charge >= 0.3 is 0 Å². The summed E-state index contributed by atoms with van der Waals surface area (Å²) in [5, 5.41) is 5.81. The van der Waals surface area contributed by atoms with Gasteiger partial charge in [0.1, 0.15) is 5.75 Å².